The van der Waals surface area contributed by atoms with Crippen molar-refractivity contribution >= 4 is 17.5 Å². The third kappa shape index (κ3) is 4.49. The number of pyridine rings is 1. The van der Waals surface area contributed by atoms with Crippen LogP contribution in [-0.2, 0) is 0 Å². The van der Waals surface area contributed by atoms with Crippen LogP contribution in [0.5, 0.6) is 0 Å². The normalized spacial score (nSPS) is 14.7. The van der Waals surface area contributed by atoms with Crippen LogP contribution in [-0.4, -0.2) is 38.1 Å². The van der Waals surface area contributed by atoms with Crippen molar-refractivity contribution in [3.8, 4) is 11.1 Å². The number of nitrogens with two attached hydrogens (primary N) is 1. The number of nitrogens with one attached hydrogen (secondary N) is 1. The molecule has 5 rings (SSSR count). The van der Waals surface area contributed by atoms with E-state index in [4.69, 9.17) is 5.73 Å². The molecular weight excluding hydrogens is 478 g/mol. The van der Waals surface area contributed by atoms with Crippen LogP contribution in [0.25, 0.3) is 16.8 Å². The Labute approximate surface area is 202 Å². The number of nitrogens with zero attached hydrogens (tertiary/aromatic N) is 3. The van der Waals surface area contributed by atoms with Crippen molar-refractivity contribution in [3.05, 3.63) is 83.1 Å². The number of carbonyl (C=O) groups excluding carboxylic acids is 1. The number of hydrogen-bond acceptors (Lipinski definition) is 5. The molecule has 2 aromatic heterocycles. The Morgan fingerprint density at radius 2 is 1.89 bits per heavy atom. The third-order valence-electron chi connectivity index (χ3n) is 6.15. The second-order valence-electron chi connectivity index (χ2n) is 8.75. The molecule has 1 atom stereocenters. The highest BCUT2D eigenvalue weighted by molar-refractivity contribution is 5.98. The maximum atomic E-state index is 15.7. The molecule has 1 fully saturated rings. The van der Waals surface area contributed by atoms with Gasteiger partial charge in [0.1, 0.15) is 17.7 Å². The average Bonchev–Trinajstić information content (AvgIpc) is 3.62. The maximum Gasteiger partial charge on any atom is 0.294 e. The summed E-state index contributed by atoms with van der Waals surface area (Å²) >= 11 is 0. The smallest absolute Gasteiger partial charge is 0.294 e. The summed E-state index contributed by atoms with van der Waals surface area (Å²) in [5.74, 6) is -6.30. The van der Waals surface area contributed by atoms with Gasteiger partial charge in [0.05, 0.1) is 12.1 Å². The predicted molar refractivity (Wildman–Crippen MR) is 123 cm³/mol. The minimum Gasteiger partial charge on any atom is -0.382 e. The number of hydrogen-bond donors (Lipinski definition) is 3. The molecule has 1 aliphatic rings. The first kappa shape index (κ1) is 23.7. The molecular formula is C25H21F4N5O2. The molecule has 1 amide bonds. The number of halogens is 4. The highest BCUT2D eigenvalue weighted by Crippen LogP contribution is 2.43. The first-order chi connectivity index (χ1) is 17.1. The number of carbonyl (C=O) groups is 1. The van der Waals surface area contributed by atoms with Crippen LogP contribution in [0.1, 0.15) is 46.3 Å². The van der Waals surface area contributed by atoms with Gasteiger partial charge in [-0.05, 0) is 59.7 Å². The third-order valence-corrected chi connectivity index (χ3v) is 6.15. The van der Waals surface area contributed by atoms with Crippen LogP contribution >= 0.6 is 0 Å². The summed E-state index contributed by atoms with van der Waals surface area (Å²) in [7, 11) is 0. The zero-order valence-corrected chi connectivity index (χ0v) is 18.8. The molecule has 2 aromatic carbocycles. The van der Waals surface area contributed by atoms with Crippen molar-refractivity contribution in [3.63, 3.8) is 0 Å². The first-order valence-electron chi connectivity index (χ1n) is 11.2. The zero-order chi connectivity index (χ0) is 25.6. The van der Waals surface area contributed by atoms with Gasteiger partial charge >= 0.3 is 0 Å². The van der Waals surface area contributed by atoms with E-state index >= 15 is 4.39 Å². The summed E-state index contributed by atoms with van der Waals surface area (Å²) < 4.78 is 59.6. The lowest BCUT2D eigenvalue weighted by atomic mass is 9.95. The molecule has 0 spiro atoms. The Bertz CT molecular complexity index is 1450. The molecule has 0 bridgehead atoms. The highest BCUT2D eigenvalue weighted by atomic mass is 19.3. The van der Waals surface area contributed by atoms with Gasteiger partial charge in [-0.2, -0.15) is 4.98 Å². The number of amides is 1. The van der Waals surface area contributed by atoms with Crippen LogP contribution < -0.4 is 11.1 Å². The van der Waals surface area contributed by atoms with Crippen LogP contribution in [0, 0.1) is 11.6 Å². The van der Waals surface area contributed by atoms with E-state index in [1.165, 1.54) is 10.6 Å². The minimum absolute atomic E-state index is 0.0422. The van der Waals surface area contributed by atoms with Gasteiger partial charge in [0, 0.05) is 11.8 Å². The molecule has 186 valence electrons. The van der Waals surface area contributed by atoms with Gasteiger partial charge < -0.3 is 16.2 Å². The van der Waals surface area contributed by atoms with E-state index < -0.39 is 36.1 Å². The molecule has 4 N–H and O–H groups in total. The Hall–Kier alpha value is -3.99. The molecule has 0 aliphatic heterocycles. The van der Waals surface area contributed by atoms with Crippen LogP contribution in [0.4, 0.5) is 23.5 Å². The van der Waals surface area contributed by atoms with E-state index in [1.54, 1.807) is 24.4 Å². The second-order valence-corrected chi connectivity index (χ2v) is 8.75. The summed E-state index contributed by atoms with van der Waals surface area (Å²) in [5.41, 5.74) is 6.37. The summed E-state index contributed by atoms with van der Waals surface area (Å²) in [6.45, 7) is -1.25. The van der Waals surface area contributed by atoms with Crippen molar-refractivity contribution in [2.24, 2.45) is 0 Å². The SMILES string of the molecule is Nc1nc2cc(-c3ccc(C4CC4)c(C(=O)NCC(F)(F)[C@H](O)c4ccc(F)cc4)c3F)ccn2n1. The van der Waals surface area contributed by atoms with E-state index in [0.717, 1.165) is 37.1 Å². The second kappa shape index (κ2) is 8.90. The monoisotopic (exact) mass is 499 g/mol. The number of anilines is 1. The summed E-state index contributed by atoms with van der Waals surface area (Å²) in [4.78, 5) is 17.1. The largest absolute Gasteiger partial charge is 0.382 e. The van der Waals surface area contributed by atoms with E-state index in [9.17, 15) is 23.1 Å². The standard InChI is InChI=1S/C25H21F4N5O2/c26-16-5-3-14(4-6-16)22(35)25(28,29)12-31-23(36)20-17(13-1-2-13)7-8-18(21(20)27)15-9-10-34-19(11-15)32-24(30)33-34/h3-11,13,22,35H,1-2,12H2,(H2,30,33)(H,31,36)/t22-/m1/s1. The fourth-order valence-electron chi connectivity index (χ4n) is 4.12. The predicted octanol–water partition coefficient (Wildman–Crippen LogP) is 4.23. The molecule has 0 saturated heterocycles. The number of alkyl halides is 2. The van der Waals surface area contributed by atoms with Crippen molar-refractivity contribution in [1.29, 1.82) is 0 Å². The molecule has 2 heterocycles. The van der Waals surface area contributed by atoms with Gasteiger partial charge in [0.25, 0.3) is 11.8 Å². The Balaban J connectivity index is 1.43. The molecule has 0 unspecified atom stereocenters. The van der Waals surface area contributed by atoms with Gasteiger partial charge in [-0.1, -0.05) is 24.3 Å². The van der Waals surface area contributed by atoms with E-state index in [1.807, 2.05) is 0 Å². The number of aromatic nitrogens is 3. The maximum absolute atomic E-state index is 15.7. The van der Waals surface area contributed by atoms with E-state index in [2.05, 4.69) is 15.4 Å². The number of nitrogen functional groups attached to an aromatic ring is 1. The quantitative estimate of drug-likeness (QED) is 0.330. The van der Waals surface area contributed by atoms with Gasteiger partial charge in [-0.15, -0.1) is 5.10 Å². The summed E-state index contributed by atoms with van der Waals surface area (Å²) in [5, 5.41) is 16.1. The molecule has 7 nitrogen and oxygen atoms in total. The summed E-state index contributed by atoms with van der Waals surface area (Å²) in [6, 6.07) is 10.2. The first-order valence-corrected chi connectivity index (χ1v) is 11.2. The Morgan fingerprint density at radius 1 is 1.17 bits per heavy atom. The molecule has 1 saturated carbocycles. The fourth-order valence-corrected chi connectivity index (χ4v) is 4.12. The molecule has 4 aromatic rings. The van der Waals surface area contributed by atoms with Crippen LogP contribution in [0.3, 0.4) is 0 Å². The minimum atomic E-state index is -3.79. The number of aliphatic hydroxyl groups is 1. The number of rotatable bonds is 7. The number of fused-ring (bicyclic) bond motifs is 1. The molecule has 1 aliphatic carbocycles. The lowest BCUT2D eigenvalue weighted by Crippen LogP contribution is -2.41. The van der Waals surface area contributed by atoms with Crippen LogP contribution in [0.2, 0.25) is 0 Å². The van der Waals surface area contributed by atoms with Gasteiger partial charge in [-0.3, -0.25) is 4.79 Å². The zero-order valence-electron chi connectivity index (χ0n) is 18.8. The summed E-state index contributed by atoms with van der Waals surface area (Å²) in [6.07, 6.45) is 0.756. The van der Waals surface area contributed by atoms with Gasteiger partial charge in [0.2, 0.25) is 5.95 Å². The average molecular weight is 499 g/mol. The van der Waals surface area contributed by atoms with Gasteiger partial charge in [-0.25, -0.2) is 22.1 Å². The fraction of sp³-hybridized carbons (Fsp3) is 0.240. The van der Waals surface area contributed by atoms with E-state index in [-0.39, 0.29) is 28.6 Å². The molecule has 36 heavy (non-hydrogen) atoms. The van der Waals surface area contributed by atoms with Crippen LogP contribution in [0.15, 0.2) is 54.7 Å². The van der Waals surface area contributed by atoms with Crippen molar-refractivity contribution in [2.75, 3.05) is 12.3 Å². The molecule has 11 heteroatoms. The highest BCUT2D eigenvalue weighted by Gasteiger charge is 2.40. The Morgan fingerprint density at radius 3 is 2.58 bits per heavy atom. The lowest BCUT2D eigenvalue weighted by Gasteiger charge is -2.23. The van der Waals surface area contributed by atoms with E-state index in [0.29, 0.717) is 16.8 Å². The molecule has 0 radical (unpaired) electrons. The van der Waals surface area contributed by atoms with Gasteiger partial charge in [0.15, 0.2) is 5.65 Å². The Kier molecular flexibility index (Phi) is 5.87. The van der Waals surface area contributed by atoms with Crippen molar-refractivity contribution in [2.45, 2.75) is 30.8 Å². The lowest BCUT2D eigenvalue weighted by molar-refractivity contribution is -0.106. The number of aliphatic hydroxyl groups excluding tert-OH is 1. The topological polar surface area (TPSA) is 106 Å². The van der Waals surface area contributed by atoms with Crippen molar-refractivity contribution < 1.29 is 27.5 Å². The number of benzene rings is 2. The van der Waals surface area contributed by atoms with Crippen molar-refractivity contribution in [1.82, 2.24) is 19.9 Å².